The molecule has 0 aromatic carbocycles. The first-order valence-electron chi connectivity index (χ1n) is 8.03. The van der Waals surface area contributed by atoms with Gasteiger partial charge in [0.2, 0.25) is 0 Å². The van der Waals surface area contributed by atoms with Crippen LogP contribution >= 0.6 is 0 Å². The first-order valence-corrected chi connectivity index (χ1v) is 8.03. The van der Waals surface area contributed by atoms with E-state index in [-0.39, 0.29) is 16.7 Å². The van der Waals surface area contributed by atoms with Crippen molar-refractivity contribution in [2.75, 3.05) is 14.2 Å². The molecule has 5 nitrogen and oxygen atoms in total. The highest BCUT2D eigenvalue weighted by atomic mass is 16.8. The molecule has 0 aromatic heterocycles. The molecule has 1 N–H and O–H groups in total. The van der Waals surface area contributed by atoms with Gasteiger partial charge in [-0.1, -0.05) is 26.3 Å². The van der Waals surface area contributed by atoms with Crippen LogP contribution in [-0.2, 0) is 19.0 Å². The number of hydrogen-bond acceptors (Lipinski definition) is 4. The standard InChI is InChI=1S/C17H26O5/c1-16(2)8-5-9-17-11(16)7-6-10(13(18)19)12(17)14(20-3)22-15(17)21-4/h6,11-12,14-15H,5,7-9H2,1-4H3,(H,18,19)/t11-,12+,14-,15+,17+/m0/s1. The minimum atomic E-state index is -0.867. The summed E-state index contributed by atoms with van der Waals surface area (Å²) in [4.78, 5) is 11.8. The van der Waals surface area contributed by atoms with E-state index in [4.69, 9.17) is 14.2 Å². The quantitative estimate of drug-likeness (QED) is 0.868. The monoisotopic (exact) mass is 310 g/mol. The summed E-state index contributed by atoms with van der Waals surface area (Å²) in [6.45, 7) is 4.56. The number of ether oxygens (including phenoxy) is 3. The molecule has 5 atom stereocenters. The Morgan fingerprint density at radius 3 is 2.64 bits per heavy atom. The Hall–Kier alpha value is -0.910. The van der Waals surface area contributed by atoms with Crippen molar-refractivity contribution in [3.05, 3.63) is 11.6 Å². The van der Waals surface area contributed by atoms with Crippen LogP contribution in [0.5, 0.6) is 0 Å². The van der Waals surface area contributed by atoms with Crippen LogP contribution in [0.2, 0.25) is 0 Å². The number of rotatable bonds is 3. The highest BCUT2D eigenvalue weighted by molar-refractivity contribution is 5.88. The minimum Gasteiger partial charge on any atom is -0.478 e. The van der Waals surface area contributed by atoms with Gasteiger partial charge in [0.1, 0.15) is 0 Å². The number of carboxylic acids is 1. The van der Waals surface area contributed by atoms with E-state index >= 15 is 0 Å². The van der Waals surface area contributed by atoms with E-state index in [2.05, 4.69) is 13.8 Å². The SMILES string of the molecule is CO[C@H]1O[C@@H](OC)[C@]23CCCC(C)(C)[C@@H]2CC=C(C(=O)O)[C@H]13. The molecule has 0 bridgehead atoms. The van der Waals surface area contributed by atoms with Gasteiger partial charge < -0.3 is 19.3 Å². The van der Waals surface area contributed by atoms with Crippen molar-refractivity contribution in [3.8, 4) is 0 Å². The van der Waals surface area contributed by atoms with Gasteiger partial charge in [0.05, 0.1) is 5.92 Å². The van der Waals surface area contributed by atoms with Crippen molar-refractivity contribution >= 4 is 5.97 Å². The molecule has 22 heavy (non-hydrogen) atoms. The predicted molar refractivity (Wildman–Crippen MR) is 80.1 cm³/mol. The zero-order valence-corrected chi connectivity index (χ0v) is 13.8. The van der Waals surface area contributed by atoms with E-state index in [1.165, 1.54) is 0 Å². The zero-order valence-electron chi connectivity index (χ0n) is 13.8. The Kier molecular flexibility index (Phi) is 3.86. The molecule has 1 aliphatic heterocycles. The first-order chi connectivity index (χ1) is 10.4. The molecule has 1 heterocycles. The van der Waals surface area contributed by atoms with Gasteiger partial charge >= 0.3 is 5.97 Å². The molecule has 0 aromatic rings. The molecular formula is C17H26O5. The topological polar surface area (TPSA) is 65.0 Å². The fourth-order valence-electron chi connectivity index (χ4n) is 5.34. The maximum absolute atomic E-state index is 11.8. The maximum Gasteiger partial charge on any atom is 0.331 e. The Bertz CT molecular complexity index is 497. The van der Waals surface area contributed by atoms with Crippen molar-refractivity contribution < 1.29 is 24.1 Å². The van der Waals surface area contributed by atoms with E-state index in [9.17, 15) is 9.90 Å². The molecular weight excluding hydrogens is 284 g/mol. The van der Waals surface area contributed by atoms with E-state index in [0.29, 0.717) is 11.5 Å². The summed E-state index contributed by atoms with van der Waals surface area (Å²) < 4.78 is 17.2. The molecule has 2 fully saturated rings. The largest absolute Gasteiger partial charge is 0.478 e. The lowest BCUT2D eigenvalue weighted by Crippen LogP contribution is -2.55. The molecule has 0 unspecified atom stereocenters. The van der Waals surface area contributed by atoms with Crippen molar-refractivity contribution in [2.24, 2.45) is 22.7 Å². The van der Waals surface area contributed by atoms with Crippen LogP contribution in [0.4, 0.5) is 0 Å². The van der Waals surface area contributed by atoms with Gasteiger partial charge in [0.25, 0.3) is 0 Å². The van der Waals surface area contributed by atoms with Crippen molar-refractivity contribution in [3.63, 3.8) is 0 Å². The molecule has 1 spiro atoms. The summed E-state index contributed by atoms with van der Waals surface area (Å²) in [5.41, 5.74) is 0.264. The maximum atomic E-state index is 11.8. The highest BCUT2D eigenvalue weighted by Gasteiger charge is 2.67. The molecule has 5 heteroatoms. The van der Waals surface area contributed by atoms with Gasteiger partial charge in [-0.25, -0.2) is 4.79 Å². The van der Waals surface area contributed by atoms with Gasteiger partial charge in [0, 0.05) is 25.2 Å². The van der Waals surface area contributed by atoms with Crippen LogP contribution in [0.1, 0.15) is 39.5 Å². The molecule has 0 amide bonds. The van der Waals surface area contributed by atoms with Crippen LogP contribution in [0, 0.1) is 22.7 Å². The number of allylic oxidation sites excluding steroid dienone is 1. The lowest BCUT2D eigenvalue weighted by Gasteiger charge is -2.56. The van der Waals surface area contributed by atoms with E-state index in [0.717, 1.165) is 25.7 Å². The van der Waals surface area contributed by atoms with E-state index in [1.807, 2.05) is 6.08 Å². The van der Waals surface area contributed by atoms with Gasteiger partial charge in [-0.3, -0.25) is 0 Å². The molecule has 1 saturated carbocycles. The van der Waals surface area contributed by atoms with Gasteiger partial charge in [-0.2, -0.15) is 0 Å². The third kappa shape index (κ3) is 1.99. The lowest BCUT2D eigenvalue weighted by atomic mass is 9.48. The second-order valence-electron chi connectivity index (χ2n) is 7.49. The highest BCUT2D eigenvalue weighted by Crippen LogP contribution is 2.65. The Morgan fingerprint density at radius 2 is 2.05 bits per heavy atom. The summed E-state index contributed by atoms with van der Waals surface area (Å²) in [5, 5.41) is 9.65. The van der Waals surface area contributed by atoms with Crippen LogP contribution in [0.15, 0.2) is 11.6 Å². The number of carboxylic acid groups (broad SMARTS) is 1. The molecule has 3 aliphatic rings. The lowest BCUT2D eigenvalue weighted by molar-refractivity contribution is -0.222. The fourth-order valence-corrected chi connectivity index (χ4v) is 5.34. The van der Waals surface area contributed by atoms with Crippen molar-refractivity contribution in [2.45, 2.75) is 52.1 Å². The number of carbonyl (C=O) groups is 1. The summed E-state index contributed by atoms with van der Waals surface area (Å²) in [5.74, 6) is -0.793. The smallest absolute Gasteiger partial charge is 0.331 e. The second kappa shape index (κ2) is 5.32. The van der Waals surface area contributed by atoms with Gasteiger partial charge in [-0.15, -0.1) is 0 Å². The van der Waals surface area contributed by atoms with E-state index < -0.39 is 18.5 Å². The van der Waals surface area contributed by atoms with Crippen LogP contribution in [-0.4, -0.2) is 37.9 Å². The first kappa shape index (κ1) is 16.0. The predicted octanol–water partition coefficient (Wildman–Crippen LogP) is 2.81. The Balaban J connectivity index is 2.15. The zero-order chi connectivity index (χ0) is 16.1. The van der Waals surface area contributed by atoms with Gasteiger partial charge in [-0.05, 0) is 30.6 Å². The summed E-state index contributed by atoms with van der Waals surface area (Å²) in [6, 6.07) is 0. The summed E-state index contributed by atoms with van der Waals surface area (Å²) in [6.07, 6.45) is 4.83. The van der Waals surface area contributed by atoms with Crippen molar-refractivity contribution in [1.82, 2.24) is 0 Å². The molecule has 0 radical (unpaired) electrons. The van der Waals surface area contributed by atoms with Crippen molar-refractivity contribution in [1.29, 1.82) is 0 Å². The third-order valence-electron chi connectivity index (χ3n) is 6.17. The normalized spacial score (nSPS) is 43.2. The molecule has 1 saturated heterocycles. The molecule has 3 rings (SSSR count). The van der Waals surface area contributed by atoms with Crippen LogP contribution in [0.3, 0.4) is 0 Å². The number of aliphatic carboxylic acids is 1. The van der Waals surface area contributed by atoms with E-state index in [1.54, 1.807) is 14.2 Å². The van der Waals surface area contributed by atoms with Crippen LogP contribution < -0.4 is 0 Å². The minimum absolute atomic E-state index is 0.139. The average Bonchev–Trinajstić information content (AvgIpc) is 2.79. The fraction of sp³-hybridized carbons (Fsp3) is 0.824. The molecule has 124 valence electrons. The number of hydrogen-bond donors (Lipinski definition) is 1. The summed E-state index contributed by atoms with van der Waals surface area (Å²) >= 11 is 0. The Morgan fingerprint density at radius 1 is 1.32 bits per heavy atom. The van der Waals surface area contributed by atoms with Crippen LogP contribution in [0.25, 0.3) is 0 Å². The third-order valence-corrected chi connectivity index (χ3v) is 6.17. The van der Waals surface area contributed by atoms with Gasteiger partial charge in [0.15, 0.2) is 12.6 Å². The Labute approximate surface area is 131 Å². The molecule has 2 aliphatic carbocycles. The second-order valence-corrected chi connectivity index (χ2v) is 7.49. The average molecular weight is 310 g/mol. The summed E-state index contributed by atoms with van der Waals surface area (Å²) in [7, 11) is 3.22. The number of methoxy groups -OCH3 is 2.